The molecule has 0 atom stereocenters. The van der Waals surface area contributed by atoms with E-state index in [1.807, 2.05) is 22.7 Å². The molecule has 130 valence electrons. The topological polar surface area (TPSA) is 54.7 Å². The summed E-state index contributed by atoms with van der Waals surface area (Å²) < 4.78 is 30.6. The van der Waals surface area contributed by atoms with Gasteiger partial charge in [-0.05, 0) is 17.7 Å². The number of aromatic nitrogens is 2. The van der Waals surface area contributed by atoms with Crippen LogP contribution in [0.1, 0.15) is 5.56 Å². The molecule has 0 unspecified atom stereocenters. The zero-order valence-corrected chi connectivity index (χ0v) is 13.7. The third-order valence-electron chi connectivity index (χ3n) is 3.35. The molecule has 2 rings (SSSR count). The quantitative estimate of drug-likeness (QED) is 0.622. The van der Waals surface area contributed by atoms with Crippen molar-refractivity contribution < 1.29 is 13.5 Å². The van der Waals surface area contributed by atoms with Gasteiger partial charge in [-0.2, -0.15) is 8.78 Å². The van der Waals surface area contributed by atoms with E-state index < -0.39 is 6.61 Å². The monoisotopic (exact) mass is 337 g/mol. The number of hydrogen-bond donors (Lipinski definition) is 1. The predicted octanol–water partition coefficient (Wildman–Crippen LogP) is 2.19. The fourth-order valence-electron chi connectivity index (χ4n) is 2.23. The number of rotatable bonds is 7. The van der Waals surface area contributed by atoms with Gasteiger partial charge < -0.3 is 19.5 Å². The number of aliphatic imine (C=N–C) groups is 1. The lowest BCUT2D eigenvalue weighted by Crippen LogP contribution is -2.39. The molecule has 1 aromatic carbocycles. The van der Waals surface area contributed by atoms with E-state index >= 15 is 0 Å². The summed E-state index contributed by atoms with van der Waals surface area (Å²) in [6.45, 7) is -0.710. The maximum absolute atomic E-state index is 12.1. The van der Waals surface area contributed by atoms with Crippen LogP contribution in [-0.2, 0) is 13.1 Å². The molecule has 0 aliphatic heterocycles. The molecule has 6 nitrogen and oxygen atoms in total. The third-order valence-corrected chi connectivity index (χ3v) is 3.35. The lowest BCUT2D eigenvalue weighted by Gasteiger charge is -2.22. The SMILES string of the molecule is CN=C(NCCn1ccnc1)N(C)Cc1ccc(OC(F)F)cc1. The third kappa shape index (κ3) is 5.53. The Bertz CT molecular complexity index is 628. The fraction of sp³-hybridized carbons (Fsp3) is 0.375. The molecule has 0 bridgehead atoms. The van der Waals surface area contributed by atoms with E-state index in [1.165, 1.54) is 12.1 Å². The molecule has 0 spiro atoms. The van der Waals surface area contributed by atoms with Crippen molar-refractivity contribution in [2.45, 2.75) is 19.7 Å². The Morgan fingerprint density at radius 3 is 2.71 bits per heavy atom. The number of nitrogens with one attached hydrogen (secondary N) is 1. The van der Waals surface area contributed by atoms with Crippen LogP contribution in [0.3, 0.4) is 0 Å². The zero-order valence-electron chi connectivity index (χ0n) is 13.7. The maximum Gasteiger partial charge on any atom is 0.387 e. The van der Waals surface area contributed by atoms with E-state index in [9.17, 15) is 8.78 Å². The van der Waals surface area contributed by atoms with Crippen molar-refractivity contribution in [1.29, 1.82) is 0 Å². The summed E-state index contributed by atoms with van der Waals surface area (Å²) in [4.78, 5) is 10.2. The molecular formula is C16H21F2N5O. The summed E-state index contributed by atoms with van der Waals surface area (Å²) >= 11 is 0. The van der Waals surface area contributed by atoms with Crippen molar-refractivity contribution in [2.24, 2.45) is 4.99 Å². The van der Waals surface area contributed by atoms with Gasteiger partial charge in [0.25, 0.3) is 0 Å². The smallest absolute Gasteiger partial charge is 0.387 e. The molecular weight excluding hydrogens is 316 g/mol. The van der Waals surface area contributed by atoms with Crippen molar-refractivity contribution in [3.8, 4) is 5.75 Å². The largest absolute Gasteiger partial charge is 0.435 e. The lowest BCUT2D eigenvalue weighted by atomic mass is 10.2. The van der Waals surface area contributed by atoms with Crippen LogP contribution in [0.4, 0.5) is 8.78 Å². The van der Waals surface area contributed by atoms with Gasteiger partial charge in [-0.3, -0.25) is 4.99 Å². The summed E-state index contributed by atoms with van der Waals surface area (Å²) in [5.41, 5.74) is 0.969. The molecule has 1 aromatic heterocycles. The van der Waals surface area contributed by atoms with E-state index in [0.29, 0.717) is 13.1 Å². The fourth-order valence-corrected chi connectivity index (χ4v) is 2.23. The number of ether oxygens (including phenoxy) is 1. The standard InChI is InChI=1S/C16H21F2N5O/c1-19-16(21-8-10-23-9-7-20-12-23)22(2)11-13-3-5-14(6-4-13)24-15(17)18/h3-7,9,12,15H,8,10-11H2,1-2H3,(H,19,21). The van der Waals surface area contributed by atoms with Crippen LogP contribution in [0.5, 0.6) is 5.75 Å². The molecule has 0 radical (unpaired) electrons. The second kappa shape index (κ2) is 8.85. The van der Waals surface area contributed by atoms with Gasteiger partial charge in [0.05, 0.1) is 6.33 Å². The first-order chi connectivity index (χ1) is 11.6. The Morgan fingerprint density at radius 1 is 1.38 bits per heavy atom. The minimum Gasteiger partial charge on any atom is -0.435 e. The van der Waals surface area contributed by atoms with Gasteiger partial charge >= 0.3 is 6.61 Å². The van der Waals surface area contributed by atoms with Crippen LogP contribution >= 0.6 is 0 Å². The van der Waals surface area contributed by atoms with Crippen molar-refractivity contribution in [3.05, 3.63) is 48.5 Å². The van der Waals surface area contributed by atoms with Crippen LogP contribution in [0.25, 0.3) is 0 Å². The van der Waals surface area contributed by atoms with Crippen molar-refractivity contribution >= 4 is 5.96 Å². The average molecular weight is 337 g/mol. The van der Waals surface area contributed by atoms with Gasteiger partial charge in [0, 0.05) is 46.1 Å². The number of alkyl halides is 2. The number of nitrogens with zero attached hydrogens (tertiary/aromatic N) is 4. The number of imidazole rings is 1. The molecule has 1 N–H and O–H groups in total. The first-order valence-electron chi connectivity index (χ1n) is 7.49. The van der Waals surface area contributed by atoms with Crippen molar-refractivity contribution in [1.82, 2.24) is 19.8 Å². The molecule has 0 saturated heterocycles. The molecule has 0 saturated carbocycles. The van der Waals surface area contributed by atoms with Gasteiger partial charge in [0.1, 0.15) is 5.75 Å². The molecule has 0 aliphatic rings. The normalized spacial score (nSPS) is 11.6. The van der Waals surface area contributed by atoms with E-state index in [0.717, 1.165) is 18.1 Å². The van der Waals surface area contributed by atoms with Crippen LogP contribution in [0.2, 0.25) is 0 Å². The Morgan fingerprint density at radius 2 is 2.12 bits per heavy atom. The Labute approximate surface area is 139 Å². The highest BCUT2D eigenvalue weighted by atomic mass is 19.3. The highest BCUT2D eigenvalue weighted by molar-refractivity contribution is 5.79. The highest BCUT2D eigenvalue weighted by Gasteiger charge is 2.08. The lowest BCUT2D eigenvalue weighted by molar-refractivity contribution is -0.0498. The Hall–Kier alpha value is -2.64. The minimum atomic E-state index is -2.81. The molecule has 8 heteroatoms. The second-order valence-corrected chi connectivity index (χ2v) is 5.15. The van der Waals surface area contributed by atoms with Gasteiger partial charge in [0.15, 0.2) is 5.96 Å². The molecule has 1 heterocycles. The van der Waals surface area contributed by atoms with E-state index in [1.54, 1.807) is 31.7 Å². The first-order valence-corrected chi connectivity index (χ1v) is 7.49. The summed E-state index contributed by atoms with van der Waals surface area (Å²) in [6.07, 6.45) is 5.40. The number of hydrogen-bond acceptors (Lipinski definition) is 3. The van der Waals surface area contributed by atoms with Crippen LogP contribution in [-0.4, -0.2) is 47.7 Å². The van der Waals surface area contributed by atoms with E-state index in [2.05, 4.69) is 20.0 Å². The van der Waals surface area contributed by atoms with Gasteiger partial charge in [-0.15, -0.1) is 0 Å². The summed E-state index contributed by atoms with van der Waals surface area (Å²) in [5, 5.41) is 3.27. The van der Waals surface area contributed by atoms with Crippen LogP contribution in [0.15, 0.2) is 48.0 Å². The predicted molar refractivity (Wildman–Crippen MR) is 88.1 cm³/mol. The van der Waals surface area contributed by atoms with Gasteiger partial charge in [-0.1, -0.05) is 12.1 Å². The first kappa shape index (κ1) is 17.7. The van der Waals surface area contributed by atoms with Crippen LogP contribution in [0, 0.1) is 0 Å². The van der Waals surface area contributed by atoms with Gasteiger partial charge in [0.2, 0.25) is 0 Å². The Kier molecular flexibility index (Phi) is 6.53. The van der Waals surface area contributed by atoms with Crippen molar-refractivity contribution in [3.63, 3.8) is 0 Å². The molecule has 0 aliphatic carbocycles. The number of guanidine groups is 1. The molecule has 0 amide bonds. The summed E-state index contributed by atoms with van der Waals surface area (Å²) in [7, 11) is 3.63. The van der Waals surface area contributed by atoms with Gasteiger partial charge in [-0.25, -0.2) is 4.98 Å². The number of benzene rings is 1. The maximum atomic E-state index is 12.1. The van der Waals surface area contributed by atoms with E-state index in [4.69, 9.17) is 0 Å². The number of halogens is 2. The Balaban J connectivity index is 1.83. The van der Waals surface area contributed by atoms with Crippen LogP contribution < -0.4 is 10.1 Å². The zero-order chi connectivity index (χ0) is 17.4. The minimum absolute atomic E-state index is 0.152. The molecule has 24 heavy (non-hydrogen) atoms. The average Bonchev–Trinajstić information content (AvgIpc) is 3.06. The van der Waals surface area contributed by atoms with Crippen molar-refractivity contribution in [2.75, 3.05) is 20.6 Å². The second-order valence-electron chi connectivity index (χ2n) is 5.15. The summed E-state index contributed by atoms with van der Waals surface area (Å²) in [6, 6.07) is 6.58. The van der Waals surface area contributed by atoms with E-state index in [-0.39, 0.29) is 5.75 Å². The molecule has 2 aromatic rings. The summed E-state index contributed by atoms with van der Waals surface area (Å²) in [5.74, 6) is 0.905. The molecule has 0 fully saturated rings. The highest BCUT2D eigenvalue weighted by Crippen LogP contribution is 2.15.